The first-order valence-electron chi connectivity index (χ1n) is 10.1. The first-order valence-corrected chi connectivity index (χ1v) is 10.1. The molecule has 10 heteroatoms. The van der Waals surface area contributed by atoms with Crippen molar-refractivity contribution < 1.29 is 32.2 Å². The Labute approximate surface area is 192 Å². The average molecular weight is 469 g/mol. The molecule has 2 aromatic carbocycles. The number of carbonyl (C=O) groups excluding carboxylic acids is 1. The summed E-state index contributed by atoms with van der Waals surface area (Å²) < 4.78 is 59.1. The molecular formula is C24H18F3N3O4. The number of benzene rings is 2. The molecule has 0 aliphatic rings. The number of hydrogen-bond acceptors (Lipinski definition) is 6. The van der Waals surface area contributed by atoms with E-state index < -0.39 is 29.1 Å². The minimum absolute atomic E-state index is 0.0642. The van der Waals surface area contributed by atoms with Crippen LogP contribution < -0.4 is 14.8 Å². The summed E-state index contributed by atoms with van der Waals surface area (Å²) in [6.45, 7) is 0.708. The van der Waals surface area contributed by atoms with Gasteiger partial charge in [0.2, 0.25) is 0 Å². The molecule has 4 aromatic rings. The molecule has 0 radical (unpaired) electrons. The summed E-state index contributed by atoms with van der Waals surface area (Å²) in [5, 5.41) is 2.27. The highest BCUT2D eigenvalue weighted by Gasteiger charge is 2.18. The van der Waals surface area contributed by atoms with Crippen molar-refractivity contribution in [2.45, 2.75) is 0 Å². The first kappa shape index (κ1) is 23.0. The molecule has 0 atom stereocenters. The minimum Gasteiger partial charge on any atom is -0.489 e. The Hall–Kier alpha value is -4.18. The van der Waals surface area contributed by atoms with Gasteiger partial charge in [0.05, 0.1) is 23.9 Å². The van der Waals surface area contributed by atoms with Gasteiger partial charge in [-0.1, -0.05) is 12.1 Å². The Morgan fingerprint density at radius 1 is 0.971 bits per heavy atom. The van der Waals surface area contributed by atoms with Crippen molar-refractivity contribution in [2.24, 2.45) is 0 Å². The lowest BCUT2D eigenvalue weighted by Gasteiger charge is -2.12. The second-order valence-corrected chi connectivity index (χ2v) is 6.99. The van der Waals surface area contributed by atoms with E-state index >= 15 is 0 Å². The number of hydrogen-bond donors (Lipinski definition) is 1. The molecule has 7 nitrogen and oxygen atoms in total. The third-order valence-electron chi connectivity index (χ3n) is 4.66. The van der Waals surface area contributed by atoms with Gasteiger partial charge in [-0.2, -0.15) is 0 Å². The Morgan fingerprint density at radius 2 is 1.74 bits per heavy atom. The van der Waals surface area contributed by atoms with Crippen LogP contribution in [-0.2, 0) is 4.74 Å². The predicted octanol–water partition coefficient (Wildman–Crippen LogP) is 5.12. The van der Waals surface area contributed by atoms with Crippen LogP contribution in [0.5, 0.6) is 17.2 Å². The largest absolute Gasteiger partial charge is 0.489 e. The Morgan fingerprint density at radius 3 is 2.47 bits per heavy atom. The lowest BCUT2D eigenvalue weighted by atomic mass is 10.2. The van der Waals surface area contributed by atoms with Gasteiger partial charge in [0.15, 0.2) is 23.1 Å². The Kier molecular flexibility index (Phi) is 6.88. The zero-order valence-corrected chi connectivity index (χ0v) is 17.8. The van der Waals surface area contributed by atoms with E-state index in [-0.39, 0.29) is 22.5 Å². The number of rotatable bonds is 8. The van der Waals surface area contributed by atoms with Crippen LogP contribution in [0.4, 0.5) is 18.9 Å². The molecule has 4 rings (SSSR count). The van der Waals surface area contributed by atoms with E-state index in [4.69, 9.17) is 14.2 Å². The summed E-state index contributed by atoms with van der Waals surface area (Å²) in [6.07, 6.45) is 2.83. The second kappa shape index (κ2) is 10.2. The number of methoxy groups -OCH3 is 1. The Balaban J connectivity index is 1.56. The first-order chi connectivity index (χ1) is 16.5. The summed E-state index contributed by atoms with van der Waals surface area (Å²) in [6, 6.07) is 10.0. The molecule has 1 N–H and O–H groups in total. The number of fused-ring (bicyclic) bond motifs is 1. The number of nitrogens with zero attached hydrogens (tertiary/aromatic N) is 2. The molecule has 34 heavy (non-hydrogen) atoms. The summed E-state index contributed by atoms with van der Waals surface area (Å²) in [4.78, 5) is 20.6. The molecule has 0 saturated carbocycles. The molecule has 174 valence electrons. The van der Waals surface area contributed by atoms with Gasteiger partial charge in [0, 0.05) is 43.3 Å². The molecule has 0 aliphatic heterocycles. The molecular weight excluding hydrogens is 451 g/mol. The Bertz CT molecular complexity index is 1330. The lowest BCUT2D eigenvalue weighted by Crippen LogP contribution is -2.14. The van der Waals surface area contributed by atoms with Crippen LogP contribution in [0.2, 0.25) is 0 Å². The van der Waals surface area contributed by atoms with Crippen molar-refractivity contribution in [1.29, 1.82) is 0 Å². The van der Waals surface area contributed by atoms with Gasteiger partial charge < -0.3 is 19.5 Å². The molecule has 0 aliphatic carbocycles. The van der Waals surface area contributed by atoms with Crippen LogP contribution in [0, 0.1) is 17.5 Å². The molecule has 0 fully saturated rings. The summed E-state index contributed by atoms with van der Waals surface area (Å²) in [5.41, 5.74) is 0.189. The molecule has 0 unspecified atom stereocenters. The van der Waals surface area contributed by atoms with Crippen molar-refractivity contribution in [3.8, 4) is 17.2 Å². The van der Waals surface area contributed by atoms with E-state index in [9.17, 15) is 18.0 Å². The van der Waals surface area contributed by atoms with Gasteiger partial charge in [0.1, 0.15) is 23.7 Å². The third-order valence-corrected chi connectivity index (χ3v) is 4.66. The maximum atomic E-state index is 14.7. The van der Waals surface area contributed by atoms with Crippen LogP contribution in [0.1, 0.15) is 10.4 Å². The van der Waals surface area contributed by atoms with Crippen LogP contribution in [0.3, 0.4) is 0 Å². The lowest BCUT2D eigenvalue weighted by molar-refractivity contribution is 0.102. The highest BCUT2D eigenvalue weighted by atomic mass is 19.1. The fraction of sp³-hybridized carbons (Fsp3) is 0.125. The van der Waals surface area contributed by atoms with E-state index in [0.717, 1.165) is 18.2 Å². The molecule has 2 aromatic heterocycles. The van der Waals surface area contributed by atoms with E-state index in [1.165, 1.54) is 36.7 Å². The van der Waals surface area contributed by atoms with Gasteiger partial charge in [-0.3, -0.25) is 9.78 Å². The highest BCUT2D eigenvalue weighted by molar-refractivity contribution is 6.04. The van der Waals surface area contributed by atoms with E-state index in [1.54, 1.807) is 13.2 Å². The number of amides is 1. The number of anilines is 1. The number of pyridine rings is 2. The topological polar surface area (TPSA) is 82.6 Å². The average Bonchev–Trinajstić information content (AvgIpc) is 2.81. The number of carbonyl (C=O) groups is 1. The number of nitrogens with one attached hydrogen (secondary N) is 1. The van der Waals surface area contributed by atoms with Crippen LogP contribution >= 0.6 is 0 Å². The van der Waals surface area contributed by atoms with Crippen LogP contribution in [0.15, 0.2) is 60.9 Å². The number of ether oxygens (including phenoxy) is 3. The molecule has 0 spiro atoms. The quantitative estimate of drug-likeness (QED) is 0.361. The zero-order valence-electron chi connectivity index (χ0n) is 17.8. The number of halogens is 3. The minimum atomic E-state index is -1.08. The summed E-state index contributed by atoms with van der Waals surface area (Å²) >= 11 is 0. The fourth-order valence-corrected chi connectivity index (χ4v) is 3.07. The van der Waals surface area contributed by atoms with E-state index in [0.29, 0.717) is 24.5 Å². The molecule has 0 saturated heterocycles. The smallest absolute Gasteiger partial charge is 0.258 e. The van der Waals surface area contributed by atoms with E-state index in [1.807, 2.05) is 0 Å². The molecule has 2 heterocycles. The van der Waals surface area contributed by atoms with Crippen molar-refractivity contribution >= 4 is 22.6 Å². The zero-order chi connectivity index (χ0) is 24.1. The molecule has 1 amide bonds. The third kappa shape index (κ3) is 5.07. The van der Waals surface area contributed by atoms with Gasteiger partial charge in [-0.25, -0.2) is 18.2 Å². The van der Waals surface area contributed by atoms with E-state index in [2.05, 4.69) is 15.3 Å². The van der Waals surface area contributed by atoms with Gasteiger partial charge >= 0.3 is 0 Å². The fourth-order valence-electron chi connectivity index (χ4n) is 3.07. The van der Waals surface area contributed by atoms with Gasteiger partial charge in [-0.15, -0.1) is 0 Å². The second-order valence-electron chi connectivity index (χ2n) is 6.99. The maximum absolute atomic E-state index is 14.7. The number of aromatic nitrogens is 2. The standard InChI is InChI=1S/C24H18F3N3O4/c1-32-8-9-33-15-12-20-22(29-13-15)21(6-7-28-20)34-23-18(26)10-14(11-19(23)27)30-24(31)16-4-2-3-5-17(16)25/h2-7,10-13H,8-9H2,1H3,(H,30,31). The van der Waals surface area contributed by atoms with Crippen molar-refractivity contribution in [3.63, 3.8) is 0 Å². The maximum Gasteiger partial charge on any atom is 0.258 e. The van der Waals surface area contributed by atoms with Gasteiger partial charge in [-0.05, 0) is 12.1 Å². The summed E-state index contributed by atoms with van der Waals surface area (Å²) in [7, 11) is 1.55. The van der Waals surface area contributed by atoms with Crippen molar-refractivity contribution in [3.05, 3.63) is 83.9 Å². The SMILES string of the molecule is COCCOc1cnc2c(Oc3c(F)cc(NC(=O)c4ccccc4F)cc3F)ccnc2c1. The summed E-state index contributed by atoms with van der Waals surface area (Å²) in [5.74, 6) is -3.94. The van der Waals surface area contributed by atoms with Gasteiger partial charge in [0.25, 0.3) is 5.91 Å². The predicted molar refractivity (Wildman–Crippen MR) is 118 cm³/mol. The van der Waals surface area contributed by atoms with Crippen LogP contribution in [0.25, 0.3) is 11.0 Å². The molecule has 0 bridgehead atoms. The van der Waals surface area contributed by atoms with Crippen molar-refractivity contribution in [1.82, 2.24) is 9.97 Å². The normalized spacial score (nSPS) is 10.8. The van der Waals surface area contributed by atoms with Crippen molar-refractivity contribution in [2.75, 3.05) is 25.6 Å². The van der Waals surface area contributed by atoms with Crippen LogP contribution in [-0.4, -0.2) is 36.2 Å². The highest BCUT2D eigenvalue weighted by Crippen LogP contribution is 2.33. The monoisotopic (exact) mass is 469 g/mol.